The Morgan fingerprint density at radius 1 is 1.15 bits per heavy atom. The van der Waals surface area contributed by atoms with E-state index in [1.54, 1.807) is 26.9 Å². The van der Waals surface area contributed by atoms with Crippen molar-refractivity contribution in [2.24, 2.45) is 17.8 Å². The molecule has 0 aliphatic carbocycles. The van der Waals surface area contributed by atoms with Crippen molar-refractivity contribution in [3.05, 3.63) is 49.6 Å². The van der Waals surface area contributed by atoms with Gasteiger partial charge in [-0.3, -0.25) is 14.4 Å². The van der Waals surface area contributed by atoms with E-state index in [-0.39, 0.29) is 42.8 Å². The number of benzene rings is 1. The van der Waals surface area contributed by atoms with Crippen molar-refractivity contribution in [2.45, 2.75) is 77.3 Å². The van der Waals surface area contributed by atoms with Gasteiger partial charge in [0.05, 0.1) is 37.2 Å². The van der Waals surface area contributed by atoms with Crippen LogP contribution >= 0.6 is 0 Å². The molecular weight excluding hydrogens is 522 g/mol. The molecule has 4 rings (SSSR count). The maximum absolute atomic E-state index is 14.4. The molecule has 1 aromatic rings. The van der Waals surface area contributed by atoms with Gasteiger partial charge in [-0.2, -0.15) is 0 Å². The first-order valence-corrected chi connectivity index (χ1v) is 14.7. The fourth-order valence-electron chi connectivity index (χ4n) is 7.00. The highest BCUT2D eigenvalue weighted by atomic mass is 16.5. The van der Waals surface area contributed by atoms with Crippen LogP contribution in [-0.4, -0.2) is 88.8 Å². The lowest BCUT2D eigenvalue weighted by atomic mass is 9.70. The molecule has 1 aromatic carbocycles. The molecule has 3 aliphatic rings. The average molecular weight is 568 g/mol. The number of hydrogen-bond donors (Lipinski definition) is 1. The summed E-state index contributed by atoms with van der Waals surface area (Å²) in [6.45, 7) is 18.1. The lowest BCUT2D eigenvalue weighted by Gasteiger charge is -2.41. The summed E-state index contributed by atoms with van der Waals surface area (Å²) in [5.74, 6) is -1.78. The van der Waals surface area contributed by atoms with E-state index in [0.717, 1.165) is 0 Å². The van der Waals surface area contributed by atoms with Crippen LogP contribution in [0.15, 0.2) is 49.6 Å². The lowest BCUT2D eigenvalue weighted by Crippen LogP contribution is -2.60. The van der Waals surface area contributed by atoms with Crippen LogP contribution in [0.5, 0.6) is 5.75 Å². The molecule has 224 valence electrons. The summed E-state index contributed by atoms with van der Waals surface area (Å²) in [4.78, 5) is 48.0. The minimum atomic E-state index is -1.14. The van der Waals surface area contributed by atoms with Gasteiger partial charge in [-0.25, -0.2) is 0 Å². The van der Waals surface area contributed by atoms with E-state index >= 15 is 0 Å². The molecule has 0 saturated carbocycles. The molecule has 3 amide bonds. The van der Waals surface area contributed by atoms with Gasteiger partial charge in [-0.05, 0) is 63.8 Å². The summed E-state index contributed by atoms with van der Waals surface area (Å²) in [6.07, 6.45) is 3.90. The Morgan fingerprint density at radius 2 is 1.80 bits per heavy atom. The molecule has 1 N–H and O–H groups in total. The van der Waals surface area contributed by atoms with Gasteiger partial charge in [0.2, 0.25) is 17.7 Å². The number of carbonyl (C=O) groups is 3. The van der Waals surface area contributed by atoms with E-state index in [4.69, 9.17) is 9.47 Å². The van der Waals surface area contributed by atoms with Crippen LogP contribution in [0.1, 0.15) is 47.5 Å². The highest BCUT2D eigenvalue weighted by Crippen LogP contribution is 2.59. The van der Waals surface area contributed by atoms with Crippen LogP contribution in [0.4, 0.5) is 5.69 Å². The molecule has 2 unspecified atom stereocenters. The first kappa shape index (κ1) is 30.8. The fourth-order valence-corrected chi connectivity index (χ4v) is 7.00. The van der Waals surface area contributed by atoms with Crippen molar-refractivity contribution >= 4 is 23.4 Å². The third-order valence-corrected chi connectivity index (χ3v) is 8.84. The maximum Gasteiger partial charge on any atom is 0.248 e. The molecule has 41 heavy (non-hydrogen) atoms. The largest absolute Gasteiger partial charge is 0.494 e. The summed E-state index contributed by atoms with van der Waals surface area (Å²) >= 11 is 0. The number of likely N-dealkylation sites (tertiary alicyclic amines) is 1. The number of rotatable bonds is 13. The Balaban J connectivity index is 1.78. The number of amides is 3. The summed E-state index contributed by atoms with van der Waals surface area (Å²) < 4.78 is 12.2. The van der Waals surface area contributed by atoms with Gasteiger partial charge < -0.3 is 29.3 Å². The first-order chi connectivity index (χ1) is 19.6. The fraction of sp³-hybridized carbons (Fsp3) is 0.594. The predicted molar refractivity (Wildman–Crippen MR) is 157 cm³/mol. The number of fused-ring (bicyclic) bond motifs is 1. The Hall–Kier alpha value is -3.17. The Bertz CT molecular complexity index is 1150. The zero-order chi connectivity index (χ0) is 30.1. The van der Waals surface area contributed by atoms with Crippen LogP contribution in [0.3, 0.4) is 0 Å². The topological polar surface area (TPSA) is 99.6 Å². The van der Waals surface area contributed by atoms with Gasteiger partial charge >= 0.3 is 0 Å². The number of ether oxygens (including phenoxy) is 2. The van der Waals surface area contributed by atoms with Gasteiger partial charge in [-0.1, -0.05) is 26.0 Å². The van der Waals surface area contributed by atoms with Crippen molar-refractivity contribution in [1.29, 1.82) is 0 Å². The van der Waals surface area contributed by atoms with Crippen molar-refractivity contribution in [3.63, 3.8) is 0 Å². The number of nitrogens with zero attached hydrogens (tertiary/aromatic N) is 3. The maximum atomic E-state index is 14.4. The molecular formula is C32H45N3O6. The third-order valence-electron chi connectivity index (χ3n) is 8.84. The van der Waals surface area contributed by atoms with Gasteiger partial charge in [0.15, 0.2) is 0 Å². The van der Waals surface area contributed by atoms with Crippen LogP contribution in [0, 0.1) is 17.8 Å². The molecule has 3 fully saturated rings. The van der Waals surface area contributed by atoms with Crippen molar-refractivity contribution in [3.8, 4) is 5.75 Å². The smallest absolute Gasteiger partial charge is 0.248 e. The summed E-state index contributed by atoms with van der Waals surface area (Å²) in [5.41, 5.74) is -0.480. The molecule has 2 bridgehead atoms. The van der Waals surface area contributed by atoms with Crippen molar-refractivity contribution in [2.75, 3.05) is 31.2 Å². The summed E-state index contributed by atoms with van der Waals surface area (Å²) in [5, 5.41) is 10.4. The molecule has 6 atom stereocenters. The number of hydrogen-bond acceptors (Lipinski definition) is 6. The number of anilines is 1. The Labute approximate surface area is 243 Å². The monoisotopic (exact) mass is 567 g/mol. The number of aliphatic hydroxyl groups excluding tert-OH is 1. The highest BCUT2D eigenvalue weighted by molar-refractivity contribution is 6.03. The van der Waals surface area contributed by atoms with Crippen molar-refractivity contribution < 1.29 is 29.0 Å². The van der Waals surface area contributed by atoms with E-state index in [1.807, 2.05) is 58.9 Å². The van der Waals surface area contributed by atoms with Crippen LogP contribution in [0.25, 0.3) is 0 Å². The van der Waals surface area contributed by atoms with E-state index in [2.05, 4.69) is 13.2 Å². The first-order valence-electron chi connectivity index (χ1n) is 14.7. The molecule has 9 heteroatoms. The van der Waals surface area contributed by atoms with Gasteiger partial charge in [0.25, 0.3) is 0 Å². The Kier molecular flexibility index (Phi) is 9.29. The summed E-state index contributed by atoms with van der Waals surface area (Å²) in [6, 6.07) is 5.59. The van der Waals surface area contributed by atoms with Crippen LogP contribution < -0.4 is 9.64 Å². The van der Waals surface area contributed by atoms with E-state index < -0.39 is 35.6 Å². The zero-order valence-corrected chi connectivity index (χ0v) is 25.0. The molecule has 9 nitrogen and oxygen atoms in total. The van der Waals surface area contributed by atoms with Crippen molar-refractivity contribution in [1.82, 2.24) is 9.80 Å². The van der Waals surface area contributed by atoms with E-state index in [0.29, 0.717) is 37.4 Å². The van der Waals surface area contributed by atoms with Gasteiger partial charge in [0.1, 0.15) is 17.4 Å². The Morgan fingerprint density at radius 3 is 2.34 bits per heavy atom. The minimum Gasteiger partial charge on any atom is -0.494 e. The number of aliphatic hydroxyl groups is 1. The second-order valence-electron chi connectivity index (χ2n) is 11.8. The lowest BCUT2D eigenvalue weighted by molar-refractivity contribution is -0.153. The molecule has 3 heterocycles. The van der Waals surface area contributed by atoms with E-state index in [9.17, 15) is 19.5 Å². The van der Waals surface area contributed by atoms with Crippen LogP contribution in [0.2, 0.25) is 0 Å². The molecule has 1 spiro atoms. The second kappa shape index (κ2) is 12.4. The second-order valence-corrected chi connectivity index (χ2v) is 11.8. The SMILES string of the molecule is C=CCN(C(=O)[C@@H]1[C@@H]2CCC3(O2)C(C(=O)N(CC=C)C(C)C)N([C@@H](CO)C(C)C)C(=O)[C@H]13)c1ccc(OCC)cc1. The van der Waals surface area contributed by atoms with E-state index in [1.165, 1.54) is 0 Å². The van der Waals surface area contributed by atoms with Crippen LogP contribution in [-0.2, 0) is 19.1 Å². The standard InChI is InChI=1S/C32H45N3O6/c1-8-17-33(21(6)7)31(39)28-32-16-15-25(41-32)26(27(32)30(38)35(28)24(19-36)20(4)5)29(37)34(18-9-2)22-11-13-23(14-12-22)40-10-3/h8-9,11-14,20-21,24-28,36H,1-2,10,15-19H2,3-7H3/t24-,25-,26+,27-,28?,32?/m0/s1. The third kappa shape index (κ3) is 5.18. The zero-order valence-electron chi connectivity index (χ0n) is 25.0. The quantitative estimate of drug-likeness (QED) is 0.367. The minimum absolute atomic E-state index is 0.117. The molecule has 3 saturated heterocycles. The normalized spacial score (nSPS) is 27.2. The predicted octanol–water partition coefficient (Wildman–Crippen LogP) is 3.42. The summed E-state index contributed by atoms with van der Waals surface area (Å²) in [7, 11) is 0. The molecule has 3 aliphatic heterocycles. The molecule has 0 radical (unpaired) electrons. The number of carbonyl (C=O) groups excluding carboxylic acids is 3. The van der Waals surface area contributed by atoms with Gasteiger partial charge in [-0.15, -0.1) is 13.2 Å². The molecule has 0 aromatic heterocycles. The highest BCUT2D eigenvalue weighted by Gasteiger charge is 2.75. The average Bonchev–Trinajstić information content (AvgIpc) is 3.58. The van der Waals surface area contributed by atoms with Gasteiger partial charge in [0, 0.05) is 24.8 Å².